The Labute approximate surface area is 196 Å². The first-order valence-electron chi connectivity index (χ1n) is 11.6. The number of hydrogen-bond acceptors (Lipinski definition) is 5. The van der Waals surface area contributed by atoms with Gasteiger partial charge in [-0.1, -0.05) is 0 Å². The molecule has 33 heavy (non-hydrogen) atoms. The Morgan fingerprint density at radius 1 is 1.15 bits per heavy atom. The maximum Gasteiger partial charge on any atom is 0.410 e. The lowest BCUT2D eigenvalue weighted by Crippen LogP contribution is -2.48. The third-order valence-electron chi connectivity index (χ3n) is 5.48. The van der Waals surface area contributed by atoms with Crippen molar-refractivity contribution in [1.82, 2.24) is 14.8 Å². The molecule has 0 bridgehead atoms. The van der Waals surface area contributed by atoms with Crippen LogP contribution in [0.1, 0.15) is 57.8 Å². The molecule has 0 saturated carbocycles. The third-order valence-corrected chi connectivity index (χ3v) is 5.48. The second kappa shape index (κ2) is 10.7. The smallest absolute Gasteiger partial charge is 0.410 e. The highest BCUT2D eigenvalue weighted by molar-refractivity contribution is 5.94. The van der Waals surface area contributed by atoms with Crippen LogP contribution in [-0.2, 0) is 4.74 Å². The minimum atomic E-state index is -0.536. The van der Waals surface area contributed by atoms with E-state index >= 15 is 0 Å². The molecule has 1 aromatic heterocycles. The lowest BCUT2D eigenvalue weighted by Gasteiger charge is -2.37. The molecule has 0 aliphatic carbocycles. The minimum Gasteiger partial charge on any atom is -0.456 e. The Bertz CT molecular complexity index is 923. The molecular weight excluding hydrogens is 418 g/mol. The van der Waals surface area contributed by atoms with Gasteiger partial charge in [-0.3, -0.25) is 9.78 Å². The first-order valence-corrected chi connectivity index (χ1v) is 11.6. The molecule has 7 heteroatoms. The summed E-state index contributed by atoms with van der Waals surface area (Å²) in [6.45, 7) is 11.5. The molecule has 3 rings (SSSR count). The van der Waals surface area contributed by atoms with E-state index in [2.05, 4.69) is 4.98 Å². The van der Waals surface area contributed by atoms with Crippen LogP contribution in [0.15, 0.2) is 48.8 Å². The number of piperidine rings is 1. The van der Waals surface area contributed by atoms with Crippen LogP contribution < -0.4 is 4.74 Å². The van der Waals surface area contributed by atoms with Gasteiger partial charge in [-0.15, -0.1) is 0 Å². The summed E-state index contributed by atoms with van der Waals surface area (Å²) in [5.74, 6) is 1.52. The number of pyridine rings is 1. The zero-order valence-electron chi connectivity index (χ0n) is 20.3. The maximum atomic E-state index is 13.1. The topological polar surface area (TPSA) is 72.0 Å². The number of rotatable bonds is 6. The number of benzene rings is 1. The van der Waals surface area contributed by atoms with Crippen molar-refractivity contribution in [3.05, 3.63) is 54.4 Å². The molecule has 0 radical (unpaired) electrons. The standard InChI is InChI=1S/C26H35N3O4/c1-19(2)29(25(31)33-26(3,4)5)18-20-8-7-15-28(17-20)24(30)21-10-12-22(13-11-21)32-23-9-6-14-27-16-23/h6,9-14,16,19-20H,7-8,15,17-18H2,1-5H3. The second-order valence-electron chi connectivity index (χ2n) is 9.80. The molecule has 1 unspecified atom stereocenters. The fourth-order valence-corrected chi connectivity index (χ4v) is 3.89. The fourth-order valence-electron chi connectivity index (χ4n) is 3.89. The van der Waals surface area contributed by atoms with E-state index in [-0.39, 0.29) is 24.0 Å². The molecule has 2 heterocycles. The zero-order valence-corrected chi connectivity index (χ0v) is 20.3. The van der Waals surface area contributed by atoms with Gasteiger partial charge in [0.2, 0.25) is 0 Å². The summed E-state index contributed by atoms with van der Waals surface area (Å²) in [5.41, 5.74) is 0.0909. The van der Waals surface area contributed by atoms with Gasteiger partial charge < -0.3 is 19.3 Å². The van der Waals surface area contributed by atoms with Gasteiger partial charge in [0.15, 0.2) is 0 Å². The highest BCUT2D eigenvalue weighted by Gasteiger charge is 2.30. The molecular formula is C26H35N3O4. The van der Waals surface area contributed by atoms with Crippen LogP contribution in [0.25, 0.3) is 0 Å². The number of nitrogens with zero attached hydrogens (tertiary/aromatic N) is 3. The predicted octanol–water partition coefficient (Wildman–Crippen LogP) is 5.37. The lowest BCUT2D eigenvalue weighted by atomic mass is 9.96. The van der Waals surface area contributed by atoms with E-state index in [1.807, 2.05) is 51.7 Å². The summed E-state index contributed by atoms with van der Waals surface area (Å²) >= 11 is 0. The monoisotopic (exact) mass is 453 g/mol. The van der Waals surface area contributed by atoms with Gasteiger partial charge in [0.1, 0.15) is 17.1 Å². The normalized spacial score (nSPS) is 16.4. The SMILES string of the molecule is CC(C)N(CC1CCCN(C(=O)c2ccc(Oc3cccnc3)cc2)C1)C(=O)OC(C)(C)C. The molecule has 1 aromatic carbocycles. The summed E-state index contributed by atoms with van der Waals surface area (Å²) in [7, 11) is 0. The van der Waals surface area contributed by atoms with E-state index < -0.39 is 5.60 Å². The van der Waals surface area contributed by atoms with Crippen LogP contribution in [0.5, 0.6) is 11.5 Å². The molecule has 0 spiro atoms. The van der Waals surface area contributed by atoms with E-state index in [4.69, 9.17) is 9.47 Å². The molecule has 1 saturated heterocycles. The van der Waals surface area contributed by atoms with Crippen molar-refractivity contribution < 1.29 is 19.1 Å². The number of carbonyl (C=O) groups is 2. The van der Waals surface area contributed by atoms with Gasteiger partial charge in [-0.25, -0.2) is 4.79 Å². The van der Waals surface area contributed by atoms with E-state index in [1.165, 1.54) is 0 Å². The molecule has 7 nitrogen and oxygen atoms in total. The van der Waals surface area contributed by atoms with E-state index in [9.17, 15) is 9.59 Å². The minimum absolute atomic E-state index is 0.000919. The average Bonchev–Trinajstić information content (AvgIpc) is 2.77. The van der Waals surface area contributed by atoms with Crippen molar-refractivity contribution in [3.8, 4) is 11.5 Å². The van der Waals surface area contributed by atoms with Crippen molar-refractivity contribution in [3.63, 3.8) is 0 Å². The van der Waals surface area contributed by atoms with E-state index in [1.54, 1.807) is 41.6 Å². The Morgan fingerprint density at radius 3 is 2.48 bits per heavy atom. The Balaban J connectivity index is 1.61. The molecule has 1 atom stereocenters. The van der Waals surface area contributed by atoms with Gasteiger partial charge in [-0.2, -0.15) is 0 Å². The summed E-state index contributed by atoms with van der Waals surface area (Å²) in [4.78, 5) is 33.5. The van der Waals surface area contributed by atoms with Crippen LogP contribution >= 0.6 is 0 Å². The predicted molar refractivity (Wildman–Crippen MR) is 127 cm³/mol. The van der Waals surface area contributed by atoms with Gasteiger partial charge in [0.05, 0.1) is 6.20 Å². The Morgan fingerprint density at radius 2 is 1.88 bits per heavy atom. The summed E-state index contributed by atoms with van der Waals surface area (Å²) in [6, 6.07) is 10.8. The van der Waals surface area contributed by atoms with Crippen molar-refractivity contribution in [2.45, 2.75) is 59.1 Å². The molecule has 1 fully saturated rings. The summed E-state index contributed by atoms with van der Waals surface area (Å²) < 4.78 is 11.4. The van der Waals surface area contributed by atoms with Crippen molar-refractivity contribution in [2.75, 3.05) is 19.6 Å². The van der Waals surface area contributed by atoms with Crippen molar-refractivity contribution in [1.29, 1.82) is 0 Å². The highest BCUT2D eigenvalue weighted by atomic mass is 16.6. The van der Waals surface area contributed by atoms with Gasteiger partial charge in [0, 0.05) is 37.4 Å². The van der Waals surface area contributed by atoms with Crippen LogP contribution in [0.4, 0.5) is 4.79 Å². The molecule has 1 aliphatic rings. The lowest BCUT2D eigenvalue weighted by molar-refractivity contribution is 0.0124. The number of ether oxygens (including phenoxy) is 2. The average molecular weight is 454 g/mol. The largest absolute Gasteiger partial charge is 0.456 e. The van der Waals surface area contributed by atoms with Crippen LogP contribution in [0.3, 0.4) is 0 Å². The molecule has 178 valence electrons. The van der Waals surface area contributed by atoms with Crippen molar-refractivity contribution >= 4 is 12.0 Å². The Kier molecular flexibility index (Phi) is 7.95. The molecule has 0 N–H and O–H groups in total. The molecule has 1 aliphatic heterocycles. The van der Waals surface area contributed by atoms with Gasteiger partial charge in [-0.05, 0) is 89.8 Å². The van der Waals surface area contributed by atoms with Crippen molar-refractivity contribution in [2.24, 2.45) is 5.92 Å². The van der Waals surface area contributed by atoms with E-state index in [0.29, 0.717) is 30.2 Å². The Hall–Kier alpha value is -3.09. The number of aromatic nitrogens is 1. The van der Waals surface area contributed by atoms with Gasteiger partial charge in [0.25, 0.3) is 5.91 Å². The second-order valence-corrected chi connectivity index (χ2v) is 9.80. The van der Waals surface area contributed by atoms with Crippen LogP contribution in [-0.4, -0.2) is 58.1 Å². The fraction of sp³-hybridized carbons (Fsp3) is 0.500. The number of amides is 2. The first-order chi connectivity index (χ1) is 15.6. The van der Waals surface area contributed by atoms with Gasteiger partial charge >= 0.3 is 6.09 Å². The molecule has 2 aromatic rings. The zero-order chi connectivity index (χ0) is 24.0. The number of likely N-dealkylation sites (tertiary alicyclic amines) is 1. The first kappa shape index (κ1) is 24.6. The highest BCUT2D eigenvalue weighted by Crippen LogP contribution is 2.24. The van der Waals surface area contributed by atoms with E-state index in [0.717, 1.165) is 19.4 Å². The van der Waals surface area contributed by atoms with Crippen LogP contribution in [0.2, 0.25) is 0 Å². The number of carbonyl (C=O) groups excluding carboxylic acids is 2. The maximum absolute atomic E-state index is 13.1. The molecule has 2 amide bonds. The third kappa shape index (κ3) is 7.20. The summed E-state index contributed by atoms with van der Waals surface area (Å²) in [6.07, 6.45) is 4.93. The summed E-state index contributed by atoms with van der Waals surface area (Å²) in [5, 5.41) is 0. The quantitative estimate of drug-likeness (QED) is 0.588. The number of hydrogen-bond donors (Lipinski definition) is 0. The van der Waals surface area contributed by atoms with Crippen LogP contribution in [0, 0.1) is 5.92 Å².